The van der Waals surface area contributed by atoms with Gasteiger partial charge in [-0.3, -0.25) is 9.00 Å². The number of carboxylic acids is 1. The number of aliphatic carboxylic acids is 1. The third-order valence-electron chi connectivity index (χ3n) is 2.87. The SMILES string of the molecule is Cc1cc(C)c(CS(=O)C(C)C(=O)O)c(C)c1. The molecule has 1 N–H and O–H groups in total. The lowest BCUT2D eigenvalue weighted by atomic mass is 10.0. The fraction of sp³-hybridized carbons (Fsp3) is 0.462. The standard InChI is InChI=1S/C13H18O3S/c1-8-5-9(2)12(10(3)6-8)7-17(16)11(4)13(14)15/h5-6,11H,7H2,1-4H3,(H,14,15). The Morgan fingerprint density at radius 2 is 1.76 bits per heavy atom. The lowest BCUT2D eigenvalue weighted by molar-refractivity contribution is -0.136. The molecule has 0 aromatic heterocycles. The third-order valence-corrected chi connectivity index (χ3v) is 4.43. The smallest absolute Gasteiger partial charge is 0.318 e. The van der Waals surface area contributed by atoms with Crippen LogP contribution in [0.25, 0.3) is 0 Å². The van der Waals surface area contributed by atoms with Crippen molar-refractivity contribution in [2.75, 3.05) is 0 Å². The summed E-state index contributed by atoms with van der Waals surface area (Å²) in [6.45, 7) is 7.44. The maximum absolute atomic E-state index is 11.9. The van der Waals surface area contributed by atoms with E-state index in [4.69, 9.17) is 5.11 Å². The molecule has 0 aliphatic rings. The van der Waals surface area contributed by atoms with E-state index in [2.05, 4.69) is 0 Å². The van der Waals surface area contributed by atoms with Gasteiger partial charge in [-0.1, -0.05) is 17.7 Å². The number of carboxylic acid groups (broad SMARTS) is 1. The van der Waals surface area contributed by atoms with Crippen LogP contribution in [0.1, 0.15) is 29.2 Å². The molecule has 1 aromatic rings. The fourth-order valence-corrected chi connectivity index (χ4v) is 3.03. The number of rotatable bonds is 4. The zero-order valence-electron chi connectivity index (χ0n) is 10.6. The summed E-state index contributed by atoms with van der Waals surface area (Å²) in [6, 6.07) is 4.07. The highest BCUT2D eigenvalue weighted by molar-refractivity contribution is 7.85. The highest BCUT2D eigenvalue weighted by atomic mass is 32.2. The van der Waals surface area contributed by atoms with Crippen molar-refractivity contribution in [1.29, 1.82) is 0 Å². The largest absolute Gasteiger partial charge is 0.480 e. The molecule has 1 aromatic carbocycles. The molecule has 3 nitrogen and oxygen atoms in total. The van der Waals surface area contributed by atoms with Crippen molar-refractivity contribution >= 4 is 16.8 Å². The molecule has 0 amide bonds. The van der Waals surface area contributed by atoms with E-state index in [0.29, 0.717) is 5.75 Å². The Bertz CT molecular complexity index is 443. The Labute approximate surface area is 104 Å². The van der Waals surface area contributed by atoms with Crippen molar-refractivity contribution in [2.24, 2.45) is 0 Å². The molecule has 0 radical (unpaired) electrons. The van der Waals surface area contributed by atoms with E-state index in [0.717, 1.165) is 16.7 Å². The van der Waals surface area contributed by atoms with Gasteiger partial charge < -0.3 is 5.11 Å². The first-order valence-electron chi connectivity index (χ1n) is 5.49. The summed E-state index contributed by atoms with van der Waals surface area (Å²) >= 11 is 0. The van der Waals surface area contributed by atoms with Gasteiger partial charge in [0.15, 0.2) is 0 Å². The van der Waals surface area contributed by atoms with Gasteiger partial charge in [0, 0.05) is 16.6 Å². The predicted octanol–water partition coefficient (Wildman–Crippen LogP) is 2.33. The maximum atomic E-state index is 11.9. The van der Waals surface area contributed by atoms with Gasteiger partial charge in [-0.2, -0.15) is 0 Å². The second-order valence-electron chi connectivity index (χ2n) is 4.38. The molecule has 0 saturated carbocycles. The molecule has 0 spiro atoms. The summed E-state index contributed by atoms with van der Waals surface area (Å²) in [5.74, 6) is -0.698. The summed E-state index contributed by atoms with van der Waals surface area (Å²) in [4.78, 5) is 10.8. The van der Waals surface area contributed by atoms with E-state index < -0.39 is 22.0 Å². The Morgan fingerprint density at radius 3 is 2.18 bits per heavy atom. The molecule has 94 valence electrons. The second-order valence-corrected chi connectivity index (χ2v) is 6.14. The summed E-state index contributed by atoms with van der Waals surface area (Å²) in [5, 5.41) is 8.00. The number of hydrogen-bond acceptors (Lipinski definition) is 2. The van der Waals surface area contributed by atoms with Gasteiger partial charge in [0.2, 0.25) is 0 Å². The summed E-state index contributed by atoms with van der Waals surface area (Å²) in [7, 11) is -1.37. The normalized spacial score (nSPS) is 14.4. The molecule has 0 bridgehead atoms. The molecule has 2 atom stereocenters. The van der Waals surface area contributed by atoms with Crippen LogP contribution in [-0.2, 0) is 21.3 Å². The van der Waals surface area contributed by atoms with E-state index in [1.54, 1.807) is 0 Å². The van der Waals surface area contributed by atoms with Crippen molar-refractivity contribution in [1.82, 2.24) is 0 Å². The molecular weight excluding hydrogens is 236 g/mol. The average molecular weight is 254 g/mol. The first-order valence-corrected chi connectivity index (χ1v) is 6.88. The number of carbonyl (C=O) groups is 1. The molecule has 4 heteroatoms. The summed E-state index contributed by atoms with van der Waals surface area (Å²) < 4.78 is 11.9. The van der Waals surface area contributed by atoms with Crippen LogP contribution in [0.2, 0.25) is 0 Å². The van der Waals surface area contributed by atoms with E-state index in [9.17, 15) is 9.00 Å². The molecule has 0 heterocycles. The van der Waals surface area contributed by atoms with E-state index in [1.165, 1.54) is 12.5 Å². The molecule has 2 unspecified atom stereocenters. The average Bonchev–Trinajstić information content (AvgIpc) is 2.21. The van der Waals surface area contributed by atoms with Crippen LogP contribution < -0.4 is 0 Å². The summed E-state index contributed by atoms with van der Waals surface area (Å²) in [6.07, 6.45) is 0. The number of benzene rings is 1. The van der Waals surface area contributed by atoms with Crippen molar-refractivity contribution in [3.63, 3.8) is 0 Å². The minimum atomic E-state index is -1.37. The molecule has 0 saturated heterocycles. The molecule has 1 rings (SSSR count). The second kappa shape index (κ2) is 5.45. The van der Waals surface area contributed by atoms with E-state index in [1.807, 2.05) is 32.9 Å². The lowest BCUT2D eigenvalue weighted by Crippen LogP contribution is -2.23. The number of hydrogen-bond donors (Lipinski definition) is 1. The van der Waals surface area contributed by atoms with Gasteiger partial charge in [0.1, 0.15) is 5.25 Å². The zero-order chi connectivity index (χ0) is 13.2. The molecule has 17 heavy (non-hydrogen) atoms. The summed E-state index contributed by atoms with van der Waals surface area (Å²) in [5.41, 5.74) is 4.32. The predicted molar refractivity (Wildman–Crippen MR) is 69.6 cm³/mol. The Hall–Kier alpha value is -1.16. The van der Waals surface area contributed by atoms with Crippen LogP contribution in [0.5, 0.6) is 0 Å². The van der Waals surface area contributed by atoms with Crippen LogP contribution in [-0.4, -0.2) is 20.5 Å². The van der Waals surface area contributed by atoms with Crippen LogP contribution in [0.15, 0.2) is 12.1 Å². The Kier molecular flexibility index (Phi) is 4.46. The Morgan fingerprint density at radius 1 is 1.29 bits per heavy atom. The Balaban J connectivity index is 2.96. The molecule has 0 aliphatic carbocycles. The van der Waals surface area contributed by atoms with Crippen LogP contribution in [0, 0.1) is 20.8 Å². The first kappa shape index (κ1) is 13.9. The minimum Gasteiger partial charge on any atom is -0.480 e. The highest BCUT2D eigenvalue weighted by Gasteiger charge is 2.20. The van der Waals surface area contributed by atoms with Crippen molar-refractivity contribution in [3.05, 3.63) is 34.4 Å². The fourth-order valence-electron chi connectivity index (χ4n) is 1.82. The van der Waals surface area contributed by atoms with Gasteiger partial charge in [-0.25, -0.2) is 0 Å². The van der Waals surface area contributed by atoms with Crippen LogP contribution in [0.4, 0.5) is 0 Å². The van der Waals surface area contributed by atoms with Crippen molar-refractivity contribution in [3.8, 4) is 0 Å². The third kappa shape index (κ3) is 3.40. The quantitative estimate of drug-likeness (QED) is 0.897. The van der Waals surface area contributed by atoms with E-state index in [-0.39, 0.29) is 0 Å². The highest BCUT2D eigenvalue weighted by Crippen LogP contribution is 2.19. The van der Waals surface area contributed by atoms with Gasteiger partial charge in [-0.15, -0.1) is 0 Å². The molecule has 0 aliphatic heterocycles. The van der Waals surface area contributed by atoms with Crippen molar-refractivity contribution in [2.45, 2.75) is 38.7 Å². The van der Waals surface area contributed by atoms with Crippen LogP contribution in [0.3, 0.4) is 0 Å². The molecular formula is C13H18O3S. The zero-order valence-corrected chi connectivity index (χ0v) is 11.4. The maximum Gasteiger partial charge on any atom is 0.318 e. The first-order chi connectivity index (χ1) is 7.82. The van der Waals surface area contributed by atoms with Gasteiger partial charge in [0.25, 0.3) is 0 Å². The van der Waals surface area contributed by atoms with Gasteiger partial charge in [-0.05, 0) is 44.4 Å². The number of aryl methyl sites for hydroxylation is 3. The molecule has 0 fully saturated rings. The van der Waals surface area contributed by atoms with Gasteiger partial charge in [0.05, 0.1) is 0 Å². The van der Waals surface area contributed by atoms with E-state index >= 15 is 0 Å². The lowest BCUT2D eigenvalue weighted by Gasteiger charge is -2.12. The topological polar surface area (TPSA) is 54.4 Å². The monoisotopic (exact) mass is 254 g/mol. The van der Waals surface area contributed by atoms with Crippen molar-refractivity contribution < 1.29 is 14.1 Å². The minimum absolute atomic E-state index is 0.311. The van der Waals surface area contributed by atoms with Crippen LogP contribution >= 0.6 is 0 Å². The van der Waals surface area contributed by atoms with Gasteiger partial charge >= 0.3 is 5.97 Å².